The van der Waals surface area contributed by atoms with E-state index in [1.165, 1.54) is 4.68 Å². The Morgan fingerprint density at radius 2 is 2.00 bits per heavy atom. The first kappa shape index (κ1) is 12.0. The topological polar surface area (TPSA) is 72.2 Å². The molecule has 0 aliphatic carbocycles. The summed E-state index contributed by atoms with van der Waals surface area (Å²) in [6.45, 7) is 1.82. The fraction of sp³-hybridized carbons (Fsp3) is 0.167. The summed E-state index contributed by atoms with van der Waals surface area (Å²) in [5.41, 5.74) is 4.58. The third-order valence-electron chi connectivity index (χ3n) is 2.48. The van der Waals surface area contributed by atoms with Gasteiger partial charge in [-0.2, -0.15) is 10.2 Å². The molecule has 0 bridgehead atoms. The van der Waals surface area contributed by atoms with E-state index in [-0.39, 0.29) is 5.91 Å². The Bertz CT molecular complexity index is 573. The summed E-state index contributed by atoms with van der Waals surface area (Å²) in [5.74, 6) is -0.289. The zero-order valence-electron chi connectivity index (χ0n) is 10.2. The van der Waals surface area contributed by atoms with Crippen LogP contribution in [0.2, 0.25) is 0 Å². The number of aryl methyl sites for hydroxylation is 1. The summed E-state index contributed by atoms with van der Waals surface area (Å²) in [5, 5.41) is 7.96. The normalized spacial score (nSPS) is 11.3. The highest BCUT2D eigenvalue weighted by Gasteiger charge is 2.08. The molecule has 6 nitrogen and oxygen atoms in total. The number of pyridine rings is 1. The molecule has 0 aliphatic heterocycles. The smallest absolute Gasteiger partial charge is 0.266 e. The molecule has 18 heavy (non-hydrogen) atoms. The van der Waals surface area contributed by atoms with Gasteiger partial charge in [0.05, 0.1) is 5.71 Å². The van der Waals surface area contributed by atoms with Crippen molar-refractivity contribution in [2.24, 2.45) is 12.1 Å². The largest absolute Gasteiger partial charge is 0.289 e. The minimum Gasteiger partial charge on any atom is -0.266 e. The van der Waals surface area contributed by atoms with Crippen LogP contribution in [-0.2, 0) is 7.05 Å². The van der Waals surface area contributed by atoms with E-state index >= 15 is 0 Å². The number of hydrogen-bond acceptors (Lipinski definition) is 4. The molecule has 1 N–H and O–H groups in total. The minimum absolute atomic E-state index is 0.289. The maximum atomic E-state index is 11.8. The van der Waals surface area contributed by atoms with Crippen molar-refractivity contribution in [1.82, 2.24) is 20.2 Å². The number of nitrogens with one attached hydrogen (secondary N) is 1. The Hall–Kier alpha value is -2.50. The van der Waals surface area contributed by atoms with Crippen LogP contribution in [-0.4, -0.2) is 26.4 Å². The lowest BCUT2D eigenvalue weighted by atomic mass is 10.2. The number of amides is 1. The molecule has 0 saturated carbocycles. The average Bonchev–Trinajstić information content (AvgIpc) is 2.83. The highest BCUT2D eigenvalue weighted by atomic mass is 16.2. The van der Waals surface area contributed by atoms with E-state index in [4.69, 9.17) is 0 Å². The summed E-state index contributed by atoms with van der Waals surface area (Å²) >= 11 is 0. The highest BCUT2D eigenvalue weighted by Crippen LogP contribution is 1.99. The summed E-state index contributed by atoms with van der Waals surface area (Å²) in [6.07, 6.45) is 4.92. The van der Waals surface area contributed by atoms with Crippen molar-refractivity contribution < 1.29 is 4.79 Å². The van der Waals surface area contributed by atoms with E-state index in [1.54, 1.807) is 31.7 Å². The molecule has 0 atom stereocenters. The van der Waals surface area contributed by atoms with E-state index in [2.05, 4.69) is 20.6 Å². The highest BCUT2D eigenvalue weighted by molar-refractivity contribution is 6.00. The van der Waals surface area contributed by atoms with Gasteiger partial charge >= 0.3 is 0 Å². The molecule has 1 amide bonds. The van der Waals surface area contributed by atoms with Crippen LogP contribution >= 0.6 is 0 Å². The third kappa shape index (κ3) is 2.60. The minimum atomic E-state index is -0.289. The number of nitrogens with zero attached hydrogens (tertiary/aromatic N) is 4. The molecular formula is C12H13N5O. The van der Waals surface area contributed by atoms with Crippen LogP contribution in [0.25, 0.3) is 0 Å². The summed E-state index contributed by atoms with van der Waals surface area (Å²) in [7, 11) is 1.70. The average molecular weight is 243 g/mol. The Morgan fingerprint density at radius 3 is 2.61 bits per heavy atom. The van der Waals surface area contributed by atoms with Crippen molar-refractivity contribution in [2.75, 3.05) is 0 Å². The van der Waals surface area contributed by atoms with Crippen molar-refractivity contribution >= 4 is 11.6 Å². The van der Waals surface area contributed by atoms with Gasteiger partial charge in [0.25, 0.3) is 5.91 Å². The van der Waals surface area contributed by atoms with Crippen LogP contribution in [0.3, 0.4) is 0 Å². The van der Waals surface area contributed by atoms with Crippen molar-refractivity contribution in [3.8, 4) is 0 Å². The lowest BCUT2D eigenvalue weighted by Crippen LogP contribution is -2.22. The molecule has 0 saturated heterocycles. The summed E-state index contributed by atoms with van der Waals surface area (Å²) in [4.78, 5) is 15.7. The van der Waals surface area contributed by atoms with Gasteiger partial charge in [-0.25, -0.2) is 5.43 Å². The molecule has 0 radical (unpaired) electrons. The predicted molar refractivity (Wildman–Crippen MR) is 67.1 cm³/mol. The van der Waals surface area contributed by atoms with Gasteiger partial charge in [-0.1, -0.05) is 0 Å². The van der Waals surface area contributed by atoms with Crippen LogP contribution in [0.15, 0.2) is 41.9 Å². The van der Waals surface area contributed by atoms with E-state index in [1.807, 2.05) is 19.1 Å². The number of carbonyl (C=O) groups is 1. The van der Waals surface area contributed by atoms with Crippen molar-refractivity contribution in [2.45, 2.75) is 6.92 Å². The molecule has 2 aromatic rings. The number of aromatic nitrogens is 3. The number of hydrogen-bond donors (Lipinski definition) is 1. The van der Waals surface area contributed by atoms with Crippen LogP contribution in [0.1, 0.15) is 23.0 Å². The molecule has 2 aromatic heterocycles. The second kappa shape index (κ2) is 5.22. The van der Waals surface area contributed by atoms with Crippen molar-refractivity contribution in [3.05, 3.63) is 48.0 Å². The van der Waals surface area contributed by atoms with Crippen LogP contribution in [0, 0.1) is 0 Å². The Labute approximate surface area is 104 Å². The molecule has 0 spiro atoms. The fourth-order valence-corrected chi connectivity index (χ4v) is 1.45. The molecule has 2 rings (SSSR count). The van der Waals surface area contributed by atoms with Crippen molar-refractivity contribution in [3.63, 3.8) is 0 Å². The van der Waals surface area contributed by atoms with Crippen molar-refractivity contribution in [1.29, 1.82) is 0 Å². The van der Waals surface area contributed by atoms with Gasteiger partial charge < -0.3 is 0 Å². The SMILES string of the molecule is CC(=NNC(=O)c1ccnn1C)c1ccncc1. The lowest BCUT2D eigenvalue weighted by Gasteiger charge is -2.02. The monoisotopic (exact) mass is 243 g/mol. The second-order valence-electron chi connectivity index (χ2n) is 3.71. The van der Waals surface area contributed by atoms with Gasteiger partial charge in [-0.3, -0.25) is 14.5 Å². The molecule has 0 unspecified atom stereocenters. The van der Waals surface area contributed by atoms with E-state index in [0.717, 1.165) is 5.56 Å². The first-order chi connectivity index (χ1) is 8.68. The maximum Gasteiger partial charge on any atom is 0.289 e. The van der Waals surface area contributed by atoms with Gasteiger partial charge in [0.1, 0.15) is 5.69 Å². The van der Waals surface area contributed by atoms with Crippen LogP contribution in [0.5, 0.6) is 0 Å². The molecule has 0 aromatic carbocycles. The first-order valence-electron chi connectivity index (χ1n) is 5.41. The third-order valence-corrected chi connectivity index (χ3v) is 2.48. The molecular weight excluding hydrogens is 230 g/mol. The van der Waals surface area contributed by atoms with Crippen LogP contribution < -0.4 is 5.43 Å². The van der Waals surface area contributed by atoms with Gasteiger partial charge in [-0.15, -0.1) is 0 Å². The Balaban J connectivity index is 2.08. The molecule has 6 heteroatoms. The van der Waals surface area contributed by atoms with Gasteiger partial charge in [0, 0.05) is 31.2 Å². The molecule has 2 heterocycles. The molecule has 0 aliphatic rings. The molecule has 0 fully saturated rings. The van der Waals surface area contributed by atoms with E-state index in [9.17, 15) is 4.79 Å². The number of rotatable bonds is 3. The van der Waals surface area contributed by atoms with Gasteiger partial charge in [0.2, 0.25) is 0 Å². The van der Waals surface area contributed by atoms with E-state index in [0.29, 0.717) is 11.4 Å². The zero-order chi connectivity index (χ0) is 13.0. The standard InChI is InChI=1S/C12H13N5O/c1-9(10-3-6-13-7-4-10)15-16-12(18)11-5-8-14-17(11)2/h3-8H,1-2H3,(H,16,18). The summed E-state index contributed by atoms with van der Waals surface area (Å²) < 4.78 is 1.49. The fourth-order valence-electron chi connectivity index (χ4n) is 1.45. The second-order valence-corrected chi connectivity index (χ2v) is 3.71. The van der Waals surface area contributed by atoms with Crippen LogP contribution in [0.4, 0.5) is 0 Å². The predicted octanol–water partition coefficient (Wildman–Crippen LogP) is 0.969. The maximum absolute atomic E-state index is 11.8. The Morgan fingerprint density at radius 1 is 1.28 bits per heavy atom. The van der Waals surface area contributed by atoms with Gasteiger partial charge in [0.15, 0.2) is 0 Å². The zero-order valence-corrected chi connectivity index (χ0v) is 10.2. The number of carbonyl (C=O) groups excluding carboxylic acids is 1. The molecule has 92 valence electrons. The summed E-state index contributed by atoms with van der Waals surface area (Å²) in [6, 6.07) is 5.29. The number of hydrazone groups is 1. The first-order valence-corrected chi connectivity index (χ1v) is 5.41. The van der Waals surface area contributed by atoms with E-state index < -0.39 is 0 Å². The quantitative estimate of drug-likeness (QED) is 0.645. The van der Waals surface area contributed by atoms with Gasteiger partial charge in [-0.05, 0) is 25.1 Å². The lowest BCUT2D eigenvalue weighted by molar-refractivity contribution is 0.0945. The Kier molecular flexibility index (Phi) is 3.47.